The Balaban J connectivity index is 3.22. The van der Waals surface area contributed by atoms with Crippen LogP contribution in [0.3, 0.4) is 0 Å². The molecule has 1 amide bonds. The van der Waals surface area contributed by atoms with Gasteiger partial charge < -0.3 is 4.74 Å². The topological polar surface area (TPSA) is 47.6 Å². The zero-order valence-electron chi connectivity index (χ0n) is 6.02. The maximum absolute atomic E-state index is 10.5. The maximum Gasteiger partial charge on any atom is 0.320 e. The SMILES string of the molecule is COCCONC(=O)C#CBr. The van der Waals surface area contributed by atoms with Crippen LogP contribution in [-0.2, 0) is 14.4 Å². The molecule has 0 aromatic rings. The number of carbonyl (C=O) groups is 1. The number of carbonyl (C=O) groups excluding carboxylic acids is 1. The molecule has 1 N–H and O–H groups in total. The highest BCUT2D eigenvalue weighted by Gasteiger charge is 1.92. The van der Waals surface area contributed by atoms with E-state index < -0.39 is 5.91 Å². The van der Waals surface area contributed by atoms with Crippen LogP contribution in [0.1, 0.15) is 0 Å². The minimum absolute atomic E-state index is 0.312. The van der Waals surface area contributed by atoms with Crippen molar-refractivity contribution in [3.8, 4) is 10.8 Å². The molecule has 0 aliphatic heterocycles. The molecular weight excluding hydrogens is 214 g/mol. The van der Waals surface area contributed by atoms with Crippen LogP contribution in [0.15, 0.2) is 0 Å². The summed E-state index contributed by atoms with van der Waals surface area (Å²) in [6.07, 6.45) is 0. The zero-order chi connectivity index (χ0) is 8.53. The molecule has 0 fully saturated rings. The van der Waals surface area contributed by atoms with Crippen molar-refractivity contribution in [1.82, 2.24) is 5.48 Å². The quantitative estimate of drug-likeness (QED) is 0.415. The van der Waals surface area contributed by atoms with Gasteiger partial charge in [-0.15, -0.1) is 0 Å². The second kappa shape index (κ2) is 7.54. The number of rotatable bonds is 4. The Kier molecular flexibility index (Phi) is 7.15. The average Bonchev–Trinajstić information content (AvgIpc) is 1.99. The molecule has 0 atom stereocenters. The molecule has 4 nitrogen and oxygen atoms in total. The monoisotopic (exact) mass is 221 g/mol. The van der Waals surface area contributed by atoms with Crippen LogP contribution >= 0.6 is 15.9 Å². The van der Waals surface area contributed by atoms with E-state index in [0.717, 1.165) is 0 Å². The van der Waals surface area contributed by atoms with E-state index in [4.69, 9.17) is 0 Å². The predicted octanol–water partition coefficient (Wildman–Crippen LogP) is 0.0364. The third kappa shape index (κ3) is 7.33. The van der Waals surface area contributed by atoms with Crippen LogP contribution in [-0.4, -0.2) is 26.2 Å². The lowest BCUT2D eigenvalue weighted by molar-refractivity contribution is -0.128. The van der Waals surface area contributed by atoms with E-state index >= 15 is 0 Å². The van der Waals surface area contributed by atoms with Crippen molar-refractivity contribution in [2.45, 2.75) is 0 Å². The lowest BCUT2D eigenvalue weighted by atomic mass is 10.7. The number of ether oxygens (including phenoxy) is 1. The van der Waals surface area contributed by atoms with Crippen LogP contribution in [0, 0.1) is 10.8 Å². The summed E-state index contributed by atoms with van der Waals surface area (Å²) < 4.78 is 4.66. The number of hydrogen-bond acceptors (Lipinski definition) is 3. The average molecular weight is 222 g/mol. The number of hydrogen-bond donors (Lipinski definition) is 1. The molecular formula is C6H8BrNO3. The van der Waals surface area contributed by atoms with E-state index in [1.54, 1.807) is 7.11 Å². The van der Waals surface area contributed by atoms with E-state index in [1.165, 1.54) is 0 Å². The minimum atomic E-state index is -0.488. The molecule has 11 heavy (non-hydrogen) atoms. The number of methoxy groups -OCH3 is 1. The fraction of sp³-hybridized carbons (Fsp3) is 0.500. The second-order valence-electron chi connectivity index (χ2n) is 1.49. The largest absolute Gasteiger partial charge is 0.382 e. The van der Waals surface area contributed by atoms with Gasteiger partial charge in [-0.2, -0.15) is 0 Å². The molecule has 0 saturated carbocycles. The summed E-state index contributed by atoms with van der Waals surface area (Å²) in [5, 5.41) is 0. The number of halogens is 1. The molecule has 0 aromatic carbocycles. The van der Waals surface area contributed by atoms with Gasteiger partial charge in [0.2, 0.25) is 0 Å². The highest BCUT2D eigenvalue weighted by Crippen LogP contribution is 1.72. The van der Waals surface area contributed by atoms with Gasteiger partial charge in [0, 0.05) is 29.0 Å². The summed E-state index contributed by atoms with van der Waals surface area (Å²) >= 11 is 2.77. The van der Waals surface area contributed by atoms with Crippen molar-refractivity contribution in [2.24, 2.45) is 0 Å². The Labute approximate surface area is 73.3 Å². The number of nitrogens with one attached hydrogen (secondary N) is 1. The van der Waals surface area contributed by atoms with Crippen molar-refractivity contribution in [3.05, 3.63) is 0 Å². The Morgan fingerprint density at radius 3 is 2.91 bits per heavy atom. The van der Waals surface area contributed by atoms with Gasteiger partial charge in [-0.05, 0) is 4.83 Å². The van der Waals surface area contributed by atoms with Gasteiger partial charge in [0.1, 0.15) is 0 Å². The summed E-state index contributed by atoms with van der Waals surface area (Å²) in [6.45, 7) is 0.744. The van der Waals surface area contributed by atoms with Crippen molar-refractivity contribution in [3.63, 3.8) is 0 Å². The van der Waals surface area contributed by atoms with Gasteiger partial charge in [0.25, 0.3) is 0 Å². The predicted molar refractivity (Wildman–Crippen MR) is 42.7 cm³/mol. The van der Waals surface area contributed by atoms with Gasteiger partial charge >= 0.3 is 5.91 Å². The molecule has 0 aliphatic rings. The molecule has 0 aromatic heterocycles. The van der Waals surface area contributed by atoms with Gasteiger partial charge in [0.15, 0.2) is 0 Å². The van der Waals surface area contributed by atoms with E-state index in [2.05, 4.69) is 41.7 Å². The lowest BCUT2D eigenvalue weighted by Crippen LogP contribution is -2.23. The van der Waals surface area contributed by atoms with Gasteiger partial charge in [0.05, 0.1) is 13.2 Å². The van der Waals surface area contributed by atoms with Crippen LogP contribution in [0.2, 0.25) is 0 Å². The molecule has 0 heterocycles. The van der Waals surface area contributed by atoms with Crippen molar-refractivity contribution >= 4 is 21.8 Å². The first-order valence-corrected chi connectivity index (χ1v) is 3.63. The molecule has 0 spiro atoms. The number of hydroxylamine groups is 1. The van der Waals surface area contributed by atoms with Crippen molar-refractivity contribution in [1.29, 1.82) is 0 Å². The summed E-state index contributed by atoms with van der Waals surface area (Å²) in [6, 6.07) is 0. The molecule has 5 heteroatoms. The zero-order valence-corrected chi connectivity index (χ0v) is 7.60. The van der Waals surface area contributed by atoms with Crippen molar-refractivity contribution < 1.29 is 14.4 Å². The summed E-state index contributed by atoms with van der Waals surface area (Å²) in [5.41, 5.74) is 2.10. The minimum Gasteiger partial charge on any atom is -0.382 e. The first-order valence-electron chi connectivity index (χ1n) is 2.83. The first-order chi connectivity index (χ1) is 5.31. The van der Waals surface area contributed by atoms with E-state index in [9.17, 15) is 4.79 Å². The smallest absolute Gasteiger partial charge is 0.320 e. The Hall–Kier alpha value is -0.570. The fourth-order valence-corrected chi connectivity index (χ4v) is 0.490. The number of amides is 1. The van der Waals surface area contributed by atoms with Gasteiger partial charge in [-0.25, -0.2) is 5.48 Å². The van der Waals surface area contributed by atoms with Gasteiger partial charge in [-0.1, -0.05) is 0 Å². The van der Waals surface area contributed by atoms with Crippen LogP contribution < -0.4 is 5.48 Å². The standard InChI is InChI=1S/C6H8BrNO3/c1-10-4-5-11-8-6(9)2-3-7/h4-5H2,1H3,(H,8,9). The normalized spacial score (nSPS) is 8.18. The molecule has 0 unspecified atom stereocenters. The molecule has 0 saturated heterocycles. The molecule has 0 bridgehead atoms. The third-order valence-corrected chi connectivity index (χ3v) is 0.913. The summed E-state index contributed by atoms with van der Waals surface area (Å²) in [4.78, 5) is 17.4. The third-order valence-electron chi connectivity index (χ3n) is 0.715. The highest BCUT2D eigenvalue weighted by molar-refractivity contribution is 9.12. The Morgan fingerprint density at radius 1 is 1.64 bits per heavy atom. The molecule has 0 radical (unpaired) electrons. The maximum atomic E-state index is 10.5. The van der Waals surface area contributed by atoms with Crippen LogP contribution in [0.5, 0.6) is 0 Å². The van der Waals surface area contributed by atoms with Crippen molar-refractivity contribution in [2.75, 3.05) is 20.3 Å². The van der Waals surface area contributed by atoms with E-state index in [-0.39, 0.29) is 0 Å². The molecule has 0 aliphatic carbocycles. The lowest BCUT2D eigenvalue weighted by Gasteiger charge is -1.99. The van der Waals surface area contributed by atoms with Crippen LogP contribution in [0.4, 0.5) is 0 Å². The van der Waals surface area contributed by atoms with E-state index in [1.807, 2.05) is 0 Å². The van der Waals surface area contributed by atoms with Gasteiger partial charge in [-0.3, -0.25) is 9.63 Å². The highest BCUT2D eigenvalue weighted by atomic mass is 79.9. The first kappa shape index (κ1) is 10.4. The van der Waals surface area contributed by atoms with E-state index in [0.29, 0.717) is 13.2 Å². The Morgan fingerprint density at radius 2 is 2.36 bits per heavy atom. The Bertz CT molecular complexity index is 172. The molecule has 0 rings (SSSR count). The fourth-order valence-electron chi connectivity index (χ4n) is 0.310. The second-order valence-corrected chi connectivity index (χ2v) is 1.89. The van der Waals surface area contributed by atoms with Crippen LogP contribution in [0.25, 0.3) is 0 Å². The molecule has 62 valence electrons. The summed E-state index contributed by atoms with van der Waals surface area (Å²) in [7, 11) is 1.55. The summed E-state index contributed by atoms with van der Waals surface area (Å²) in [5.74, 6) is 1.69.